The summed E-state index contributed by atoms with van der Waals surface area (Å²) in [6.45, 7) is 1.46. The number of thioether (sulfide) groups is 1. The van der Waals surface area contributed by atoms with Crippen molar-refractivity contribution in [1.29, 1.82) is 5.26 Å². The maximum atomic E-state index is 12.8. The van der Waals surface area contributed by atoms with Gasteiger partial charge in [0, 0.05) is 24.5 Å². The zero-order valence-electron chi connectivity index (χ0n) is 6.84. The number of hydrogen-bond donors (Lipinski definition) is 0. The number of nitriles is 1. The average molecular weight is 187 g/mol. The van der Waals surface area contributed by atoms with E-state index in [4.69, 9.17) is 5.26 Å². The lowest BCUT2D eigenvalue weighted by Gasteiger charge is -2.07. The molecule has 0 saturated heterocycles. The summed E-state index contributed by atoms with van der Waals surface area (Å²) in [7, 11) is 0. The summed E-state index contributed by atoms with van der Waals surface area (Å²) < 4.78 is 12.8. The quantitative estimate of drug-likeness (QED) is 0.677. The Morgan fingerprint density at radius 3 is 2.83 bits per heavy atom. The van der Waals surface area contributed by atoms with Gasteiger partial charge in [0.25, 0.3) is 0 Å². The van der Waals surface area contributed by atoms with Crippen LogP contribution in [-0.4, -0.2) is 17.0 Å². The molecule has 0 spiro atoms. The molecule has 0 aromatic carbocycles. The van der Waals surface area contributed by atoms with Crippen molar-refractivity contribution in [3.05, 3.63) is 0 Å². The molecule has 0 heterocycles. The van der Waals surface area contributed by atoms with Gasteiger partial charge >= 0.3 is 0 Å². The summed E-state index contributed by atoms with van der Waals surface area (Å²) in [6.07, 6.45) is -0.195. The Kier molecular flexibility index (Phi) is 2.73. The van der Waals surface area contributed by atoms with Crippen LogP contribution in [0, 0.1) is 16.7 Å². The highest BCUT2D eigenvalue weighted by Gasteiger charge is 2.54. The lowest BCUT2D eigenvalue weighted by atomic mass is 10.1. The Bertz CT molecular complexity index is 238. The van der Waals surface area contributed by atoms with Gasteiger partial charge in [-0.25, -0.2) is 4.39 Å². The van der Waals surface area contributed by atoms with Crippen molar-refractivity contribution in [2.45, 2.75) is 25.9 Å². The molecule has 0 aliphatic heterocycles. The van der Waals surface area contributed by atoms with Gasteiger partial charge < -0.3 is 0 Å². The van der Waals surface area contributed by atoms with Crippen LogP contribution in [0.4, 0.5) is 4.39 Å². The van der Waals surface area contributed by atoms with Gasteiger partial charge in [-0.15, -0.1) is 0 Å². The van der Waals surface area contributed by atoms with E-state index in [2.05, 4.69) is 0 Å². The van der Waals surface area contributed by atoms with Crippen molar-refractivity contribution in [3.63, 3.8) is 0 Å². The Balaban J connectivity index is 2.38. The molecular formula is C8H10FNOS. The normalized spacial score (nSPS) is 32.6. The summed E-state index contributed by atoms with van der Waals surface area (Å²) in [5, 5.41) is 8.41. The van der Waals surface area contributed by atoms with Gasteiger partial charge in [-0.1, -0.05) is 11.8 Å². The second kappa shape index (κ2) is 3.44. The molecule has 0 bridgehead atoms. The average Bonchev–Trinajstić information content (AvgIpc) is 2.60. The Morgan fingerprint density at radius 1 is 1.92 bits per heavy atom. The molecule has 12 heavy (non-hydrogen) atoms. The predicted molar refractivity (Wildman–Crippen MR) is 45.3 cm³/mol. The molecule has 0 radical (unpaired) electrons. The summed E-state index contributed by atoms with van der Waals surface area (Å²) >= 11 is 1.11. The molecular weight excluding hydrogens is 177 g/mol. The number of carbonyl (C=O) groups is 1. The van der Waals surface area contributed by atoms with E-state index in [1.54, 1.807) is 0 Å². The number of halogens is 1. The molecule has 0 aromatic rings. The standard InChI is InChI=1S/C8H10FNOS/c1-6(11)12-5-8(2-3-10)4-7(8)9/h7H,2,4-5H2,1H3. The molecule has 2 nitrogen and oxygen atoms in total. The minimum absolute atomic E-state index is 0.00795. The maximum Gasteiger partial charge on any atom is 0.185 e. The van der Waals surface area contributed by atoms with Gasteiger partial charge in [-0.2, -0.15) is 5.26 Å². The number of rotatable bonds is 3. The number of hydrogen-bond acceptors (Lipinski definition) is 3. The summed E-state index contributed by atoms with van der Waals surface area (Å²) in [5.74, 6) is 0.455. The van der Waals surface area contributed by atoms with Crippen molar-refractivity contribution in [2.75, 3.05) is 5.75 Å². The van der Waals surface area contributed by atoms with E-state index in [1.165, 1.54) is 6.92 Å². The predicted octanol–water partition coefficient (Wildman–Crippen LogP) is 1.91. The molecule has 1 aliphatic rings. The van der Waals surface area contributed by atoms with Crippen LogP contribution in [0.25, 0.3) is 0 Å². The first-order chi connectivity index (χ1) is 5.60. The third-order valence-corrected chi connectivity index (χ3v) is 3.21. The topological polar surface area (TPSA) is 40.9 Å². The van der Waals surface area contributed by atoms with Crippen LogP contribution < -0.4 is 0 Å². The zero-order valence-corrected chi connectivity index (χ0v) is 7.66. The van der Waals surface area contributed by atoms with E-state index in [9.17, 15) is 9.18 Å². The fourth-order valence-corrected chi connectivity index (χ4v) is 1.98. The molecule has 1 fully saturated rings. The van der Waals surface area contributed by atoms with Crippen LogP contribution in [-0.2, 0) is 4.79 Å². The van der Waals surface area contributed by atoms with E-state index < -0.39 is 11.6 Å². The summed E-state index contributed by atoms with van der Waals surface area (Å²) in [4.78, 5) is 10.6. The van der Waals surface area contributed by atoms with E-state index >= 15 is 0 Å². The van der Waals surface area contributed by atoms with E-state index in [1.807, 2.05) is 6.07 Å². The first-order valence-corrected chi connectivity index (χ1v) is 4.74. The second-order valence-electron chi connectivity index (χ2n) is 3.15. The number of nitrogens with zero attached hydrogens (tertiary/aromatic N) is 1. The molecule has 0 aromatic heterocycles. The van der Waals surface area contributed by atoms with Crippen molar-refractivity contribution < 1.29 is 9.18 Å². The molecule has 2 unspecified atom stereocenters. The van der Waals surface area contributed by atoms with Crippen LogP contribution in [0.3, 0.4) is 0 Å². The molecule has 2 atom stereocenters. The fraction of sp³-hybridized carbons (Fsp3) is 0.750. The molecule has 1 aliphatic carbocycles. The first kappa shape index (κ1) is 9.53. The second-order valence-corrected chi connectivity index (χ2v) is 4.30. The van der Waals surface area contributed by atoms with E-state index in [0.29, 0.717) is 12.2 Å². The van der Waals surface area contributed by atoms with Gasteiger partial charge in [-0.05, 0) is 6.42 Å². The smallest absolute Gasteiger partial charge is 0.185 e. The maximum absolute atomic E-state index is 12.8. The molecule has 0 amide bonds. The first-order valence-electron chi connectivity index (χ1n) is 3.75. The van der Waals surface area contributed by atoms with Crippen molar-refractivity contribution >= 4 is 16.9 Å². The van der Waals surface area contributed by atoms with Gasteiger partial charge in [-0.3, -0.25) is 4.79 Å². The van der Waals surface area contributed by atoms with Gasteiger partial charge in [0.15, 0.2) is 5.12 Å². The van der Waals surface area contributed by atoms with Crippen LogP contribution in [0.15, 0.2) is 0 Å². The fourth-order valence-electron chi connectivity index (χ4n) is 1.08. The van der Waals surface area contributed by atoms with Gasteiger partial charge in [0.05, 0.1) is 6.07 Å². The molecule has 0 N–H and O–H groups in total. The monoisotopic (exact) mass is 187 g/mol. The van der Waals surface area contributed by atoms with Crippen molar-refractivity contribution in [1.82, 2.24) is 0 Å². The third-order valence-electron chi connectivity index (χ3n) is 2.08. The van der Waals surface area contributed by atoms with Gasteiger partial charge in [0.2, 0.25) is 0 Å². The zero-order chi connectivity index (χ0) is 9.19. The lowest BCUT2D eigenvalue weighted by molar-refractivity contribution is -0.109. The number of alkyl halides is 1. The highest BCUT2D eigenvalue weighted by atomic mass is 32.2. The summed E-state index contributed by atoms with van der Waals surface area (Å²) in [6, 6.07) is 1.96. The van der Waals surface area contributed by atoms with Crippen molar-refractivity contribution in [3.8, 4) is 6.07 Å². The minimum Gasteiger partial charge on any atom is -0.288 e. The Morgan fingerprint density at radius 2 is 2.50 bits per heavy atom. The van der Waals surface area contributed by atoms with Gasteiger partial charge in [0.1, 0.15) is 6.17 Å². The minimum atomic E-state index is -0.871. The molecule has 1 rings (SSSR count). The third kappa shape index (κ3) is 1.98. The Hall–Kier alpha value is -0.560. The van der Waals surface area contributed by atoms with E-state index in [0.717, 1.165) is 11.8 Å². The Labute approximate surface area is 75.1 Å². The number of carbonyl (C=O) groups excluding carboxylic acids is 1. The van der Waals surface area contributed by atoms with Crippen LogP contribution >= 0.6 is 11.8 Å². The van der Waals surface area contributed by atoms with Crippen molar-refractivity contribution in [2.24, 2.45) is 5.41 Å². The largest absolute Gasteiger partial charge is 0.288 e. The van der Waals surface area contributed by atoms with Crippen LogP contribution in [0.2, 0.25) is 0 Å². The van der Waals surface area contributed by atoms with Crippen LogP contribution in [0.5, 0.6) is 0 Å². The molecule has 1 saturated carbocycles. The summed E-state index contributed by atoms with van der Waals surface area (Å²) in [5.41, 5.74) is -0.495. The lowest BCUT2D eigenvalue weighted by Crippen LogP contribution is -2.08. The highest BCUT2D eigenvalue weighted by Crippen LogP contribution is 2.53. The highest BCUT2D eigenvalue weighted by molar-refractivity contribution is 8.13. The molecule has 4 heteroatoms. The van der Waals surface area contributed by atoms with E-state index in [-0.39, 0.29) is 11.5 Å². The molecule has 66 valence electrons. The SMILES string of the molecule is CC(=O)SCC1(CC#N)CC1F. The van der Waals surface area contributed by atoms with Crippen LogP contribution in [0.1, 0.15) is 19.8 Å².